The molecule has 1 heterocycles. The topological polar surface area (TPSA) is 71.8 Å². The van der Waals surface area contributed by atoms with Crippen molar-refractivity contribution in [2.24, 2.45) is 0 Å². The van der Waals surface area contributed by atoms with Gasteiger partial charge in [0.25, 0.3) is 0 Å². The Bertz CT molecular complexity index is 622. The highest BCUT2D eigenvalue weighted by molar-refractivity contribution is 5.93. The van der Waals surface area contributed by atoms with Gasteiger partial charge in [-0.3, -0.25) is 0 Å². The molecule has 0 aliphatic carbocycles. The molecular weight excluding hydrogens is 272 g/mol. The maximum atomic E-state index is 12.0. The Morgan fingerprint density at radius 1 is 1.29 bits per heavy atom. The molecule has 110 valence electrons. The molecule has 1 N–H and O–H groups in total. The maximum Gasteiger partial charge on any atom is 0.337 e. The van der Waals surface area contributed by atoms with E-state index in [-0.39, 0.29) is 6.03 Å². The Morgan fingerprint density at radius 3 is 2.76 bits per heavy atom. The average molecular weight is 288 g/mol. The lowest BCUT2D eigenvalue weighted by molar-refractivity contribution is 0.0600. The van der Waals surface area contributed by atoms with E-state index in [4.69, 9.17) is 4.42 Å². The minimum Gasteiger partial charge on any atom is -0.467 e. The zero-order chi connectivity index (χ0) is 15.2. The Labute approximate surface area is 122 Å². The molecule has 6 nitrogen and oxygen atoms in total. The van der Waals surface area contributed by atoms with Crippen molar-refractivity contribution in [2.45, 2.75) is 6.54 Å². The molecule has 0 radical (unpaired) electrons. The van der Waals surface area contributed by atoms with E-state index in [2.05, 4.69) is 10.1 Å². The van der Waals surface area contributed by atoms with Gasteiger partial charge in [0.2, 0.25) is 0 Å². The number of hydrogen-bond donors (Lipinski definition) is 1. The van der Waals surface area contributed by atoms with Crippen LogP contribution in [0.4, 0.5) is 10.5 Å². The first-order valence-electron chi connectivity index (χ1n) is 6.33. The summed E-state index contributed by atoms with van der Waals surface area (Å²) in [7, 11) is 2.97. The van der Waals surface area contributed by atoms with Gasteiger partial charge in [0.05, 0.1) is 25.5 Å². The molecule has 2 aromatic rings. The van der Waals surface area contributed by atoms with Crippen molar-refractivity contribution in [2.75, 3.05) is 19.5 Å². The van der Waals surface area contributed by atoms with Crippen molar-refractivity contribution in [1.29, 1.82) is 0 Å². The van der Waals surface area contributed by atoms with Crippen LogP contribution in [0.15, 0.2) is 47.1 Å². The van der Waals surface area contributed by atoms with E-state index in [0.717, 1.165) is 0 Å². The fourth-order valence-electron chi connectivity index (χ4n) is 1.77. The average Bonchev–Trinajstić information content (AvgIpc) is 2.99. The van der Waals surface area contributed by atoms with E-state index in [9.17, 15) is 9.59 Å². The molecule has 6 heteroatoms. The number of carbonyl (C=O) groups is 2. The zero-order valence-corrected chi connectivity index (χ0v) is 11.8. The number of ether oxygens (including phenoxy) is 1. The highest BCUT2D eigenvalue weighted by Crippen LogP contribution is 2.13. The van der Waals surface area contributed by atoms with Gasteiger partial charge in [-0.1, -0.05) is 6.07 Å². The third-order valence-corrected chi connectivity index (χ3v) is 2.85. The van der Waals surface area contributed by atoms with Crippen LogP contribution in [0.25, 0.3) is 0 Å². The summed E-state index contributed by atoms with van der Waals surface area (Å²) in [6.07, 6.45) is 1.56. The van der Waals surface area contributed by atoms with Crippen molar-refractivity contribution in [3.63, 3.8) is 0 Å². The van der Waals surface area contributed by atoms with Gasteiger partial charge in [-0.05, 0) is 30.3 Å². The number of rotatable bonds is 4. The van der Waals surface area contributed by atoms with Gasteiger partial charge in [0, 0.05) is 12.7 Å². The zero-order valence-electron chi connectivity index (χ0n) is 11.8. The van der Waals surface area contributed by atoms with Gasteiger partial charge < -0.3 is 19.4 Å². The summed E-state index contributed by atoms with van der Waals surface area (Å²) in [6.45, 7) is 0.357. The Kier molecular flexibility index (Phi) is 4.61. The lowest BCUT2D eigenvalue weighted by atomic mass is 10.2. The predicted octanol–water partition coefficient (Wildman–Crippen LogP) is 2.73. The van der Waals surface area contributed by atoms with Gasteiger partial charge in [-0.15, -0.1) is 0 Å². The molecular formula is C15H16N2O4. The summed E-state index contributed by atoms with van der Waals surface area (Å²) in [6, 6.07) is 9.81. The number of hydrogen-bond acceptors (Lipinski definition) is 4. The van der Waals surface area contributed by atoms with E-state index in [1.165, 1.54) is 12.0 Å². The maximum absolute atomic E-state index is 12.0. The van der Waals surface area contributed by atoms with Crippen LogP contribution in [-0.4, -0.2) is 31.1 Å². The van der Waals surface area contributed by atoms with E-state index >= 15 is 0 Å². The summed E-state index contributed by atoms with van der Waals surface area (Å²) in [5.41, 5.74) is 0.901. The number of esters is 1. The summed E-state index contributed by atoms with van der Waals surface area (Å²) in [5.74, 6) is 0.242. The standard InChI is InChI=1S/C15H16N2O4/c1-17(10-13-7-4-8-21-13)15(19)16-12-6-3-5-11(9-12)14(18)20-2/h3-9H,10H2,1-2H3,(H,16,19). The SMILES string of the molecule is COC(=O)c1cccc(NC(=O)N(C)Cc2ccco2)c1. The second-order valence-electron chi connectivity index (χ2n) is 4.44. The van der Waals surface area contributed by atoms with Crippen molar-refractivity contribution >= 4 is 17.7 Å². The first-order valence-corrected chi connectivity index (χ1v) is 6.33. The largest absolute Gasteiger partial charge is 0.467 e. The summed E-state index contributed by atoms with van der Waals surface area (Å²) >= 11 is 0. The lowest BCUT2D eigenvalue weighted by Crippen LogP contribution is -2.30. The minimum absolute atomic E-state index is 0.298. The molecule has 1 aromatic carbocycles. The second kappa shape index (κ2) is 6.60. The van der Waals surface area contributed by atoms with E-state index in [1.807, 2.05) is 0 Å². The Balaban J connectivity index is 2.00. The first-order chi connectivity index (χ1) is 10.1. The number of anilines is 1. The summed E-state index contributed by atoms with van der Waals surface area (Å²) in [4.78, 5) is 25.0. The van der Waals surface area contributed by atoms with Crippen molar-refractivity contribution in [3.05, 3.63) is 54.0 Å². The van der Waals surface area contributed by atoms with Crippen LogP contribution in [0.1, 0.15) is 16.1 Å². The molecule has 0 aliphatic rings. The van der Waals surface area contributed by atoms with Crippen LogP contribution in [0, 0.1) is 0 Å². The molecule has 1 aromatic heterocycles. The van der Waals surface area contributed by atoms with Crippen LogP contribution in [0.2, 0.25) is 0 Å². The fraction of sp³-hybridized carbons (Fsp3) is 0.200. The number of carbonyl (C=O) groups excluding carboxylic acids is 2. The van der Waals surface area contributed by atoms with E-state index < -0.39 is 5.97 Å². The Morgan fingerprint density at radius 2 is 2.10 bits per heavy atom. The number of benzene rings is 1. The van der Waals surface area contributed by atoms with Gasteiger partial charge in [0.1, 0.15) is 5.76 Å². The Hall–Kier alpha value is -2.76. The lowest BCUT2D eigenvalue weighted by Gasteiger charge is -2.16. The second-order valence-corrected chi connectivity index (χ2v) is 4.44. The highest BCUT2D eigenvalue weighted by Gasteiger charge is 2.12. The molecule has 0 bridgehead atoms. The monoisotopic (exact) mass is 288 g/mol. The van der Waals surface area contributed by atoms with Crippen molar-refractivity contribution < 1.29 is 18.7 Å². The number of nitrogens with zero attached hydrogens (tertiary/aromatic N) is 1. The van der Waals surface area contributed by atoms with Gasteiger partial charge in [-0.25, -0.2) is 9.59 Å². The summed E-state index contributed by atoms with van der Waals surface area (Å²) < 4.78 is 9.83. The normalized spacial score (nSPS) is 10.0. The third kappa shape index (κ3) is 3.85. The number of methoxy groups -OCH3 is 1. The van der Waals surface area contributed by atoms with E-state index in [1.54, 1.807) is 49.7 Å². The molecule has 2 amide bonds. The highest BCUT2D eigenvalue weighted by atomic mass is 16.5. The number of furan rings is 1. The fourth-order valence-corrected chi connectivity index (χ4v) is 1.77. The molecule has 0 saturated carbocycles. The molecule has 21 heavy (non-hydrogen) atoms. The minimum atomic E-state index is -0.449. The quantitative estimate of drug-likeness (QED) is 0.878. The third-order valence-electron chi connectivity index (χ3n) is 2.85. The number of nitrogens with one attached hydrogen (secondary N) is 1. The van der Waals surface area contributed by atoms with Crippen LogP contribution in [-0.2, 0) is 11.3 Å². The summed E-state index contributed by atoms with van der Waals surface area (Å²) in [5, 5.41) is 2.71. The van der Waals surface area contributed by atoms with Crippen LogP contribution in [0.3, 0.4) is 0 Å². The van der Waals surface area contributed by atoms with Crippen molar-refractivity contribution in [1.82, 2.24) is 4.90 Å². The molecule has 0 saturated heterocycles. The molecule has 0 spiro atoms. The smallest absolute Gasteiger partial charge is 0.337 e. The van der Waals surface area contributed by atoms with Crippen molar-refractivity contribution in [3.8, 4) is 0 Å². The van der Waals surface area contributed by atoms with Gasteiger partial charge in [0.15, 0.2) is 0 Å². The number of urea groups is 1. The molecule has 0 unspecified atom stereocenters. The van der Waals surface area contributed by atoms with Gasteiger partial charge in [-0.2, -0.15) is 0 Å². The van der Waals surface area contributed by atoms with Crippen LogP contribution in [0.5, 0.6) is 0 Å². The van der Waals surface area contributed by atoms with Gasteiger partial charge >= 0.3 is 12.0 Å². The first kappa shape index (κ1) is 14.6. The van der Waals surface area contributed by atoms with E-state index in [0.29, 0.717) is 23.6 Å². The number of amides is 2. The molecule has 0 atom stereocenters. The molecule has 0 fully saturated rings. The van der Waals surface area contributed by atoms with Crippen LogP contribution < -0.4 is 5.32 Å². The molecule has 0 aliphatic heterocycles. The molecule has 2 rings (SSSR count). The van der Waals surface area contributed by atoms with Crippen LogP contribution >= 0.6 is 0 Å². The predicted molar refractivity (Wildman–Crippen MR) is 77.0 cm³/mol.